The van der Waals surface area contributed by atoms with Crippen LogP contribution < -0.4 is 5.32 Å². The van der Waals surface area contributed by atoms with E-state index in [0.717, 1.165) is 18.5 Å². The highest BCUT2D eigenvalue weighted by atomic mass is 16.2. The summed E-state index contributed by atoms with van der Waals surface area (Å²) >= 11 is 0. The first kappa shape index (κ1) is 12.1. The molecule has 6 nitrogen and oxygen atoms in total. The molecule has 2 unspecified atom stereocenters. The van der Waals surface area contributed by atoms with Crippen molar-refractivity contribution in [3.05, 3.63) is 24.3 Å². The zero-order chi connectivity index (χ0) is 13.4. The van der Waals surface area contributed by atoms with Gasteiger partial charge in [0.1, 0.15) is 18.4 Å². The molecule has 3 rings (SSSR count). The van der Waals surface area contributed by atoms with Gasteiger partial charge in [0.05, 0.1) is 12.2 Å². The lowest BCUT2D eigenvalue weighted by Gasteiger charge is -2.37. The maximum absolute atomic E-state index is 12.4. The summed E-state index contributed by atoms with van der Waals surface area (Å²) in [6, 6.07) is 0.974. The highest BCUT2D eigenvalue weighted by molar-refractivity contribution is 5.97. The third kappa shape index (κ3) is 2.30. The lowest BCUT2D eigenvalue weighted by atomic mass is 10.0. The molecule has 0 bridgehead atoms. The number of carbonyl (C=O) groups is 2. The Hall–Kier alpha value is -1.98. The maximum Gasteiger partial charge on any atom is 0.246 e. The Bertz CT molecular complexity index is 501. The van der Waals surface area contributed by atoms with Gasteiger partial charge >= 0.3 is 0 Å². The lowest BCUT2D eigenvalue weighted by Crippen LogP contribution is -2.62. The van der Waals surface area contributed by atoms with E-state index in [2.05, 4.69) is 15.3 Å². The lowest BCUT2D eigenvalue weighted by molar-refractivity contribution is -0.150. The van der Waals surface area contributed by atoms with Gasteiger partial charge in [-0.3, -0.25) is 9.59 Å². The summed E-state index contributed by atoms with van der Waals surface area (Å²) in [7, 11) is 0. The number of aromatic nitrogens is 2. The Labute approximate surface area is 111 Å². The van der Waals surface area contributed by atoms with Crippen LogP contribution >= 0.6 is 0 Å². The Morgan fingerprint density at radius 3 is 2.84 bits per heavy atom. The van der Waals surface area contributed by atoms with Crippen molar-refractivity contribution in [2.75, 3.05) is 0 Å². The molecule has 1 aromatic rings. The summed E-state index contributed by atoms with van der Waals surface area (Å²) in [4.78, 5) is 34.0. The van der Waals surface area contributed by atoms with Gasteiger partial charge in [-0.15, -0.1) is 0 Å². The van der Waals surface area contributed by atoms with Crippen LogP contribution in [-0.4, -0.2) is 38.8 Å². The van der Waals surface area contributed by atoms with Crippen LogP contribution in [0, 0.1) is 5.92 Å². The number of piperazine rings is 1. The fourth-order valence-corrected chi connectivity index (χ4v) is 2.40. The molecule has 0 radical (unpaired) electrons. The molecule has 1 saturated carbocycles. The topological polar surface area (TPSA) is 75.2 Å². The molecule has 2 aliphatic rings. The van der Waals surface area contributed by atoms with Crippen LogP contribution in [0.1, 0.15) is 25.5 Å². The molecule has 2 heterocycles. The SMILES string of the molecule is CC1C(=O)NC(C2CC2)C(=O)N1Cc1ccncn1. The second-order valence-electron chi connectivity index (χ2n) is 5.17. The van der Waals surface area contributed by atoms with Crippen LogP contribution in [0.15, 0.2) is 18.6 Å². The van der Waals surface area contributed by atoms with Crippen LogP contribution in [0.4, 0.5) is 0 Å². The van der Waals surface area contributed by atoms with E-state index in [9.17, 15) is 9.59 Å². The van der Waals surface area contributed by atoms with E-state index in [1.807, 2.05) is 0 Å². The van der Waals surface area contributed by atoms with Crippen molar-refractivity contribution < 1.29 is 9.59 Å². The number of rotatable bonds is 3. The molecular formula is C13H16N4O2. The van der Waals surface area contributed by atoms with Crippen LogP contribution in [0.25, 0.3) is 0 Å². The minimum Gasteiger partial charge on any atom is -0.342 e. The average Bonchev–Trinajstić information content (AvgIpc) is 3.24. The molecule has 1 saturated heterocycles. The predicted octanol–water partition coefficient (Wildman–Crippen LogP) is 0.102. The molecule has 19 heavy (non-hydrogen) atoms. The van der Waals surface area contributed by atoms with E-state index in [-0.39, 0.29) is 17.9 Å². The summed E-state index contributed by atoms with van der Waals surface area (Å²) in [6.45, 7) is 2.11. The van der Waals surface area contributed by atoms with Gasteiger partial charge in [0, 0.05) is 6.20 Å². The standard InChI is InChI=1S/C13H16N4O2/c1-8-12(18)16-11(9-2-3-9)13(19)17(8)6-10-4-5-14-7-15-10/h4-5,7-9,11H,2-3,6H2,1H3,(H,16,18). The molecule has 1 aliphatic heterocycles. The Morgan fingerprint density at radius 2 is 2.21 bits per heavy atom. The highest BCUT2D eigenvalue weighted by Gasteiger charge is 2.45. The predicted molar refractivity (Wildman–Crippen MR) is 66.7 cm³/mol. The minimum atomic E-state index is -0.447. The molecule has 1 N–H and O–H groups in total. The highest BCUT2D eigenvalue weighted by Crippen LogP contribution is 2.35. The Morgan fingerprint density at radius 1 is 1.42 bits per heavy atom. The van der Waals surface area contributed by atoms with Crippen molar-refractivity contribution in [1.29, 1.82) is 0 Å². The number of hydrogen-bond acceptors (Lipinski definition) is 4. The second kappa shape index (κ2) is 4.60. The van der Waals surface area contributed by atoms with Crippen LogP contribution in [0.2, 0.25) is 0 Å². The molecule has 100 valence electrons. The summed E-state index contributed by atoms with van der Waals surface area (Å²) in [5.74, 6) is 0.246. The average molecular weight is 260 g/mol. The van der Waals surface area contributed by atoms with E-state index in [4.69, 9.17) is 0 Å². The first-order chi connectivity index (χ1) is 9.16. The molecule has 0 spiro atoms. The molecule has 0 aromatic carbocycles. The van der Waals surface area contributed by atoms with Crippen molar-refractivity contribution >= 4 is 11.8 Å². The number of nitrogens with zero attached hydrogens (tertiary/aromatic N) is 3. The number of amides is 2. The number of carbonyl (C=O) groups excluding carboxylic acids is 2. The van der Waals surface area contributed by atoms with Gasteiger partial charge in [0.2, 0.25) is 11.8 Å². The number of hydrogen-bond donors (Lipinski definition) is 1. The van der Waals surface area contributed by atoms with Crippen molar-refractivity contribution in [2.45, 2.75) is 38.4 Å². The van der Waals surface area contributed by atoms with E-state index >= 15 is 0 Å². The van der Waals surface area contributed by atoms with E-state index < -0.39 is 6.04 Å². The van der Waals surface area contributed by atoms with Gasteiger partial charge in [-0.2, -0.15) is 0 Å². The maximum atomic E-state index is 12.4. The number of nitrogens with one attached hydrogen (secondary N) is 1. The smallest absolute Gasteiger partial charge is 0.246 e. The molecule has 2 fully saturated rings. The largest absolute Gasteiger partial charge is 0.342 e. The van der Waals surface area contributed by atoms with Crippen LogP contribution in [-0.2, 0) is 16.1 Å². The Kier molecular flexibility index (Phi) is 2.93. The summed E-state index contributed by atoms with van der Waals surface area (Å²) < 4.78 is 0. The summed E-state index contributed by atoms with van der Waals surface area (Å²) in [5.41, 5.74) is 0.749. The van der Waals surface area contributed by atoms with E-state index in [1.54, 1.807) is 24.1 Å². The normalized spacial score (nSPS) is 27.3. The first-order valence-electron chi connectivity index (χ1n) is 6.52. The van der Waals surface area contributed by atoms with Gasteiger partial charge in [0.15, 0.2) is 0 Å². The van der Waals surface area contributed by atoms with Gasteiger partial charge in [-0.1, -0.05) is 0 Å². The van der Waals surface area contributed by atoms with Crippen molar-refractivity contribution in [3.8, 4) is 0 Å². The van der Waals surface area contributed by atoms with Crippen LogP contribution in [0.3, 0.4) is 0 Å². The molecule has 1 aliphatic carbocycles. The first-order valence-corrected chi connectivity index (χ1v) is 6.52. The zero-order valence-corrected chi connectivity index (χ0v) is 10.7. The van der Waals surface area contributed by atoms with Crippen molar-refractivity contribution in [2.24, 2.45) is 5.92 Å². The minimum absolute atomic E-state index is 0.00760. The summed E-state index contributed by atoms with van der Waals surface area (Å²) in [5, 5.41) is 2.83. The van der Waals surface area contributed by atoms with E-state index in [1.165, 1.54) is 6.33 Å². The second-order valence-corrected chi connectivity index (χ2v) is 5.17. The van der Waals surface area contributed by atoms with E-state index in [0.29, 0.717) is 12.5 Å². The third-order valence-electron chi connectivity index (χ3n) is 3.76. The quantitative estimate of drug-likeness (QED) is 0.836. The van der Waals surface area contributed by atoms with Gasteiger partial charge < -0.3 is 10.2 Å². The van der Waals surface area contributed by atoms with Crippen molar-refractivity contribution in [1.82, 2.24) is 20.2 Å². The zero-order valence-electron chi connectivity index (χ0n) is 10.7. The van der Waals surface area contributed by atoms with Gasteiger partial charge in [-0.05, 0) is 31.7 Å². The molecule has 2 amide bonds. The molecule has 1 aromatic heterocycles. The van der Waals surface area contributed by atoms with Gasteiger partial charge in [-0.25, -0.2) is 9.97 Å². The molecule has 2 atom stereocenters. The molecule has 6 heteroatoms. The fourth-order valence-electron chi connectivity index (χ4n) is 2.40. The van der Waals surface area contributed by atoms with Gasteiger partial charge in [0.25, 0.3) is 0 Å². The fraction of sp³-hybridized carbons (Fsp3) is 0.538. The summed E-state index contributed by atoms with van der Waals surface area (Å²) in [6.07, 6.45) is 5.13. The van der Waals surface area contributed by atoms with Crippen molar-refractivity contribution in [3.63, 3.8) is 0 Å². The third-order valence-corrected chi connectivity index (χ3v) is 3.76. The monoisotopic (exact) mass is 260 g/mol. The Balaban J connectivity index is 1.80. The molecular weight excluding hydrogens is 244 g/mol. The van der Waals surface area contributed by atoms with Crippen LogP contribution in [0.5, 0.6) is 0 Å².